The van der Waals surface area contributed by atoms with E-state index < -0.39 is 0 Å². The van der Waals surface area contributed by atoms with Crippen LogP contribution in [0, 0.1) is 18.3 Å². The Kier molecular flexibility index (Phi) is 4.91. The highest BCUT2D eigenvalue weighted by Gasteiger charge is 2.09. The van der Waals surface area contributed by atoms with E-state index in [4.69, 9.17) is 0 Å². The van der Waals surface area contributed by atoms with Gasteiger partial charge in [-0.15, -0.1) is 0 Å². The average Bonchev–Trinajstić information content (AvgIpc) is 2.62. The Bertz CT molecular complexity index is 899. The number of aryl methyl sites for hydroxylation is 1. The van der Waals surface area contributed by atoms with E-state index in [1.165, 1.54) is 5.56 Å². The van der Waals surface area contributed by atoms with E-state index in [0.29, 0.717) is 17.2 Å². The van der Waals surface area contributed by atoms with Crippen LogP contribution in [0.1, 0.15) is 16.8 Å². The summed E-state index contributed by atoms with van der Waals surface area (Å²) < 4.78 is 0. The maximum Gasteiger partial charge on any atom is 0.229 e. The Morgan fingerprint density at radius 1 is 1.04 bits per heavy atom. The van der Waals surface area contributed by atoms with E-state index >= 15 is 0 Å². The summed E-state index contributed by atoms with van der Waals surface area (Å²) in [5.41, 5.74) is 3.34. The minimum absolute atomic E-state index is 0.484. The molecule has 0 aliphatic rings. The monoisotopic (exact) mass is 329 g/mol. The van der Waals surface area contributed by atoms with Crippen molar-refractivity contribution in [1.29, 1.82) is 5.26 Å². The highest BCUT2D eigenvalue weighted by atomic mass is 15.2. The topological polar surface area (TPSA) is 64.8 Å². The van der Waals surface area contributed by atoms with Gasteiger partial charge in [0.1, 0.15) is 11.9 Å². The van der Waals surface area contributed by atoms with Gasteiger partial charge in [0, 0.05) is 25.4 Å². The molecular formula is C20H19N5. The van der Waals surface area contributed by atoms with Crippen molar-refractivity contribution in [3.8, 4) is 6.07 Å². The maximum atomic E-state index is 9.22. The van der Waals surface area contributed by atoms with Gasteiger partial charge >= 0.3 is 0 Å². The molecule has 0 spiro atoms. The zero-order chi connectivity index (χ0) is 17.6. The lowest BCUT2D eigenvalue weighted by Crippen LogP contribution is -2.18. The largest absolute Gasteiger partial charge is 0.355 e. The van der Waals surface area contributed by atoms with Crippen molar-refractivity contribution in [2.75, 3.05) is 17.3 Å². The molecule has 2 aromatic carbocycles. The van der Waals surface area contributed by atoms with Crippen LogP contribution in [-0.2, 0) is 6.54 Å². The van der Waals surface area contributed by atoms with Gasteiger partial charge in [-0.2, -0.15) is 10.2 Å². The molecule has 0 saturated carbocycles. The standard InChI is InChI=1S/C20H19N5/c1-15-12-19(25(2)14-16-8-4-3-5-9-16)24-20(22-15)23-18-11-7-6-10-17(18)13-21/h3-12H,14H2,1-2H3,(H,22,23,24). The molecular weight excluding hydrogens is 310 g/mol. The number of anilines is 3. The SMILES string of the molecule is Cc1cc(N(C)Cc2ccccc2)nc(Nc2ccccc2C#N)n1. The molecule has 1 aromatic heterocycles. The smallest absolute Gasteiger partial charge is 0.229 e. The van der Waals surface area contributed by atoms with Crippen molar-refractivity contribution in [1.82, 2.24) is 9.97 Å². The molecule has 3 rings (SSSR count). The Morgan fingerprint density at radius 2 is 1.76 bits per heavy atom. The minimum atomic E-state index is 0.484. The minimum Gasteiger partial charge on any atom is -0.355 e. The summed E-state index contributed by atoms with van der Waals surface area (Å²) in [5.74, 6) is 1.31. The number of nitrogens with zero attached hydrogens (tertiary/aromatic N) is 4. The molecule has 1 heterocycles. The molecule has 0 radical (unpaired) electrons. The number of hydrogen-bond donors (Lipinski definition) is 1. The molecule has 0 bridgehead atoms. The normalized spacial score (nSPS) is 10.1. The van der Waals surface area contributed by atoms with Crippen LogP contribution in [0.3, 0.4) is 0 Å². The summed E-state index contributed by atoms with van der Waals surface area (Å²) in [7, 11) is 2.00. The quantitative estimate of drug-likeness (QED) is 0.765. The van der Waals surface area contributed by atoms with Gasteiger partial charge in [0.2, 0.25) is 5.95 Å². The number of aromatic nitrogens is 2. The summed E-state index contributed by atoms with van der Waals surface area (Å²) in [6.07, 6.45) is 0. The van der Waals surface area contributed by atoms with Gasteiger partial charge in [0.25, 0.3) is 0 Å². The third-order valence-electron chi connectivity index (χ3n) is 3.79. The lowest BCUT2D eigenvalue weighted by Gasteiger charge is -2.19. The Morgan fingerprint density at radius 3 is 2.52 bits per heavy atom. The number of benzene rings is 2. The molecule has 0 amide bonds. The first-order valence-corrected chi connectivity index (χ1v) is 8.02. The van der Waals surface area contributed by atoms with E-state index in [-0.39, 0.29) is 0 Å². The van der Waals surface area contributed by atoms with E-state index in [1.807, 2.05) is 56.4 Å². The van der Waals surface area contributed by atoms with Gasteiger partial charge in [-0.05, 0) is 24.6 Å². The zero-order valence-electron chi connectivity index (χ0n) is 14.3. The van der Waals surface area contributed by atoms with Crippen LogP contribution in [0.2, 0.25) is 0 Å². The van der Waals surface area contributed by atoms with Crippen LogP contribution in [0.15, 0.2) is 60.7 Å². The Balaban J connectivity index is 1.84. The first-order chi connectivity index (χ1) is 12.2. The predicted octanol–water partition coefficient (Wildman–Crippen LogP) is 4.04. The zero-order valence-corrected chi connectivity index (χ0v) is 14.3. The van der Waals surface area contributed by atoms with Gasteiger partial charge in [-0.3, -0.25) is 0 Å². The molecule has 5 nitrogen and oxygen atoms in total. The third kappa shape index (κ3) is 4.12. The molecule has 0 fully saturated rings. The molecule has 124 valence electrons. The lowest BCUT2D eigenvalue weighted by molar-refractivity contribution is 0.888. The fourth-order valence-electron chi connectivity index (χ4n) is 2.55. The summed E-state index contributed by atoms with van der Waals surface area (Å²) in [6.45, 7) is 2.69. The summed E-state index contributed by atoms with van der Waals surface area (Å²) >= 11 is 0. The number of para-hydroxylation sites is 1. The van der Waals surface area contributed by atoms with Crippen LogP contribution < -0.4 is 10.2 Å². The van der Waals surface area contributed by atoms with Crippen LogP contribution >= 0.6 is 0 Å². The van der Waals surface area contributed by atoms with Gasteiger partial charge in [0.15, 0.2) is 0 Å². The van der Waals surface area contributed by atoms with Crippen LogP contribution in [-0.4, -0.2) is 17.0 Å². The Labute approximate surface area is 147 Å². The second-order valence-electron chi connectivity index (χ2n) is 5.82. The number of nitriles is 1. The molecule has 3 aromatic rings. The van der Waals surface area contributed by atoms with E-state index in [9.17, 15) is 5.26 Å². The predicted molar refractivity (Wildman–Crippen MR) is 99.8 cm³/mol. The molecule has 1 N–H and O–H groups in total. The molecule has 0 atom stereocenters. The molecule has 0 saturated heterocycles. The van der Waals surface area contributed by atoms with Gasteiger partial charge in [-0.1, -0.05) is 42.5 Å². The molecule has 0 aliphatic heterocycles. The average molecular weight is 329 g/mol. The van der Waals surface area contributed by atoms with Gasteiger partial charge < -0.3 is 10.2 Å². The third-order valence-corrected chi connectivity index (χ3v) is 3.79. The maximum absolute atomic E-state index is 9.22. The second kappa shape index (κ2) is 7.45. The van der Waals surface area contributed by atoms with E-state index in [1.54, 1.807) is 6.07 Å². The molecule has 25 heavy (non-hydrogen) atoms. The lowest BCUT2D eigenvalue weighted by atomic mass is 10.2. The van der Waals surface area contributed by atoms with Gasteiger partial charge in [-0.25, -0.2) is 4.98 Å². The molecule has 0 unspecified atom stereocenters. The fourth-order valence-corrected chi connectivity index (χ4v) is 2.55. The summed E-state index contributed by atoms with van der Waals surface area (Å²) in [6, 6.07) is 21.7. The van der Waals surface area contributed by atoms with Crippen molar-refractivity contribution >= 4 is 17.5 Å². The van der Waals surface area contributed by atoms with E-state index in [2.05, 4.69) is 38.4 Å². The highest BCUT2D eigenvalue weighted by Crippen LogP contribution is 2.21. The summed E-state index contributed by atoms with van der Waals surface area (Å²) in [4.78, 5) is 11.1. The number of rotatable bonds is 5. The second-order valence-corrected chi connectivity index (χ2v) is 5.82. The summed E-state index contributed by atoms with van der Waals surface area (Å²) in [5, 5.41) is 12.4. The van der Waals surface area contributed by atoms with Crippen molar-refractivity contribution in [3.05, 3.63) is 77.5 Å². The first-order valence-electron chi connectivity index (χ1n) is 8.02. The molecule has 5 heteroatoms. The number of hydrogen-bond acceptors (Lipinski definition) is 5. The number of nitrogens with one attached hydrogen (secondary N) is 1. The molecule has 0 aliphatic carbocycles. The van der Waals surface area contributed by atoms with Crippen molar-refractivity contribution in [3.63, 3.8) is 0 Å². The van der Waals surface area contributed by atoms with E-state index in [0.717, 1.165) is 18.1 Å². The van der Waals surface area contributed by atoms with Crippen LogP contribution in [0.5, 0.6) is 0 Å². The highest BCUT2D eigenvalue weighted by molar-refractivity contribution is 5.63. The van der Waals surface area contributed by atoms with Crippen LogP contribution in [0.4, 0.5) is 17.5 Å². The fraction of sp³-hybridized carbons (Fsp3) is 0.150. The van der Waals surface area contributed by atoms with Crippen LogP contribution in [0.25, 0.3) is 0 Å². The van der Waals surface area contributed by atoms with Gasteiger partial charge in [0.05, 0.1) is 11.3 Å². The van der Waals surface area contributed by atoms with Crippen molar-refractivity contribution in [2.24, 2.45) is 0 Å². The Hall–Kier alpha value is -3.39. The van der Waals surface area contributed by atoms with Crippen molar-refractivity contribution < 1.29 is 0 Å². The first kappa shape index (κ1) is 16.5. The van der Waals surface area contributed by atoms with Crippen molar-refractivity contribution in [2.45, 2.75) is 13.5 Å².